The fraction of sp³-hybridized carbons (Fsp3) is 0. The third-order valence-electron chi connectivity index (χ3n) is 3.57. The average molecular weight is 315 g/mol. The molecule has 0 fully saturated rings. The minimum atomic E-state index is 0.197. The number of aromatic hydroxyl groups is 1. The predicted octanol–water partition coefficient (Wildman–Crippen LogP) is 4.35. The molecule has 0 saturated heterocycles. The van der Waals surface area contributed by atoms with Crippen molar-refractivity contribution in [3.05, 3.63) is 72.6 Å². The van der Waals surface area contributed by atoms with E-state index in [0.29, 0.717) is 17.0 Å². The van der Waals surface area contributed by atoms with Crippen LogP contribution in [0.15, 0.2) is 76.4 Å². The summed E-state index contributed by atoms with van der Waals surface area (Å²) in [6.45, 7) is 0. The largest absolute Gasteiger partial charge is 0.507 e. The summed E-state index contributed by atoms with van der Waals surface area (Å²) in [6.07, 6.45) is 5.04. The van der Waals surface area contributed by atoms with Crippen molar-refractivity contribution in [3.63, 3.8) is 0 Å². The van der Waals surface area contributed by atoms with Gasteiger partial charge >= 0.3 is 0 Å². The lowest BCUT2D eigenvalue weighted by Crippen LogP contribution is -1.80. The highest BCUT2D eigenvalue weighted by atomic mass is 16.3. The maximum atomic E-state index is 9.77. The number of hydrogen-bond acceptors (Lipinski definition) is 5. The van der Waals surface area contributed by atoms with E-state index in [-0.39, 0.29) is 5.75 Å². The van der Waals surface area contributed by atoms with E-state index in [9.17, 15) is 5.11 Å². The van der Waals surface area contributed by atoms with Crippen LogP contribution in [0.5, 0.6) is 5.75 Å². The number of aromatic nitrogens is 2. The van der Waals surface area contributed by atoms with Crippen molar-refractivity contribution in [1.29, 1.82) is 0 Å². The van der Waals surface area contributed by atoms with Gasteiger partial charge in [0.2, 0.25) is 5.89 Å². The molecule has 0 unspecified atom stereocenters. The van der Waals surface area contributed by atoms with Crippen molar-refractivity contribution in [1.82, 2.24) is 9.97 Å². The van der Waals surface area contributed by atoms with E-state index in [4.69, 9.17) is 4.42 Å². The number of oxazole rings is 1. The fourth-order valence-corrected chi connectivity index (χ4v) is 2.35. The van der Waals surface area contributed by atoms with E-state index in [1.807, 2.05) is 36.4 Å². The SMILES string of the molecule is Oc1ccccc1C=Nc1ccc2oc(-c3cccnc3)nc2c1. The number of fused-ring (bicyclic) bond motifs is 1. The van der Waals surface area contributed by atoms with Gasteiger partial charge in [-0.05, 0) is 42.5 Å². The first kappa shape index (κ1) is 14.1. The number of pyridine rings is 1. The zero-order valence-electron chi connectivity index (χ0n) is 12.6. The molecule has 4 aromatic rings. The summed E-state index contributed by atoms with van der Waals surface area (Å²) in [5, 5.41) is 9.77. The summed E-state index contributed by atoms with van der Waals surface area (Å²) in [6, 6.07) is 16.3. The summed E-state index contributed by atoms with van der Waals surface area (Å²) in [7, 11) is 0. The monoisotopic (exact) mass is 315 g/mol. The topological polar surface area (TPSA) is 71.5 Å². The van der Waals surface area contributed by atoms with Crippen molar-refractivity contribution in [2.75, 3.05) is 0 Å². The van der Waals surface area contributed by atoms with E-state index in [2.05, 4.69) is 15.0 Å². The van der Waals surface area contributed by atoms with E-state index >= 15 is 0 Å². The van der Waals surface area contributed by atoms with Crippen LogP contribution in [0.2, 0.25) is 0 Å². The number of phenols is 1. The summed E-state index contributed by atoms with van der Waals surface area (Å²) in [5.74, 6) is 0.725. The van der Waals surface area contributed by atoms with Gasteiger partial charge in [-0.3, -0.25) is 9.98 Å². The quantitative estimate of drug-likeness (QED) is 0.571. The van der Waals surface area contributed by atoms with Crippen LogP contribution in [0.4, 0.5) is 5.69 Å². The Labute approximate surface area is 138 Å². The van der Waals surface area contributed by atoms with Crippen molar-refractivity contribution in [2.45, 2.75) is 0 Å². The summed E-state index contributed by atoms with van der Waals surface area (Å²) in [5.41, 5.74) is 3.63. The Kier molecular flexibility index (Phi) is 3.51. The molecule has 5 heteroatoms. The highest BCUT2D eigenvalue weighted by Crippen LogP contribution is 2.26. The van der Waals surface area contributed by atoms with Crippen LogP contribution < -0.4 is 0 Å². The maximum Gasteiger partial charge on any atom is 0.228 e. The molecule has 116 valence electrons. The smallest absolute Gasteiger partial charge is 0.228 e. The van der Waals surface area contributed by atoms with Crippen molar-refractivity contribution in [3.8, 4) is 17.2 Å². The van der Waals surface area contributed by atoms with Gasteiger partial charge in [-0.1, -0.05) is 12.1 Å². The number of nitrogens with zero attached hydrogens (tertiary/aromatic N) is 3. The van der Waals surface area contributed by atoms with Gasteiger partial charge in [-0.15, -0.1) is 0 Å². The van der Waals surface area contributed by atoms with Crippen LogP contribution >= 0.6 is 0 Å². The zero-order chi connectivity index (χ0) is 16.4. The van der Waals surface area contributed by atoms with E-state index in [1.54, 1.807) is 36.8 Å². The fourth-order valence-electron chi connectivity index (χ4n) is 2.35. The molecule has 2 aromatic carbocycles. The van der Waals surface area contributed by atoms with Crippen LogP contribution in [0.1, 0.15) is 5.56 Å². The molecule has 4 rings (SSSR count). The van der Waals surface area contributed by atoms with Gasteiger partial charge in [0.1, 0.15) is 11.3 Å². The third-order valence-corrected chi connectivity index (χ3v) is 3.57. The number of benzene rings is 2. The first-order valence-corrected chi connectivity index (χ1v) is 7.43. The standard InChI is InChI=1S/C19H13N3O2/c23-17-6-2-1-4-13(17)12-21-15-7-8-18-16(10-15)22-19(24-18)14-5-3-9-20-11-14/h1-12,23H. The van der Waals surface area contributed by atoms with E-state index < -0.39 is 0 Å². The normalized spacial score (nSPS) is 11.3. The van der Waals surface area contributed by atoms with Gasteiger partial charge in [0.05, 0.1) is 11.3 Å². The first-order valence-electron chi connectivity index (χ1n) is 7.43. The summed E-state index contributed by atoms with van der Waals surface area (Å²) in [4.78, 5) is 12.9. The average Bonchev–Trinajstić information content (AvgIpc) is 3.05. The molecular weight excluding hydrogens is 302 g/mol. The lowest BCUT2D eigenvalue weighted by molar-refractivity contribution is 0.474. The minimum Gasteiger partial charge on any atom is -0.507 e. The van der Waals surface area contributed by atoms with Crippen LogP contribution in [0.25, 0.3) is 22.6 Å². The van der Waals surface area contributed by atoms with Crippen LogP contribution in [0.3, 0.4) is 0 Å². The van der Waals surface area contributed by atoms with Crippen LogP contribution in [-0.2, 0) is 0 Å². The first-order chi connectivity index (χ1) is 11.8. The van der Waals surface area contributed by atoms with E-state index in [1.165, 1.54) is 0 Å². The molecule has 0 bridgehead atoms. The van der Waals surface area contributed by atoms with Gasteiger partial charge in [0.15, 0.2) is 5.58 Å². The molecule has 5 nitrogen and oxygen atoms in total. The van der Waals surface area contributed by atoms with Crippen molar-refractivity contribution in [2.24, 2.45) is 4.99 Å². The zero-order valence-corrected chi connectivity index (χ0v) is 12.6. The van der Waals surface area contributed by atoms with Gasteiger partial charge < -0.3 is 9.52 Å². The highest BCUT2D eigenvalue weighted by Gasteiger charge is 2.08. The van der Waals surface area contributed by atoms with E-state index in [0.717, 1.165) is 16.8 Å². The molecule has 0 aliphatic heterocycles. The number of phenolic OH excluding ortho intramolecular Hbond substituents is 1. The number of para-hydroxylation sites is 1. The molecule has 0 radical (unpaired) electrons. The second-order valence-electron chi connectivity index (χ2n) is 5.23. The lowest BCUT2D eigenvalue weighted by Gasteiger charge is -1.97. The highest BCUT2D eigenvalue weighted by molar-refractivity contribution is 5.87. The second kappa shape index (κ2) is 5.96. The molecule has 1 N–H and O–H groups in total. The summed E-state index contributed by atoms with van der Waals surface area (Å²) >= 11 is 0. The van der Waals surface area contributed by atoms with Crippen LogP contribution in [-0.4, -0.2) is 21.3 Å². The van der Waals surface area contributed by atoms with Crippen molar-refractivity contribution >= 4 is 23.0 Å². The molecule has 2 heterocycles. The number of hydrogen-bond donors (Lipinski definition) is 1. The van der Waals surface area contributed by atoms with Gasteiger partial charge in [0.25, 0.3) is 0 Å². The molecule has 0 aliphatic rings. The predicted molar refractivity (Wildman–Crippen MR) is 92.6 cm³/mol. The molecule has 0 aliphatic carbocycles. The Morgan fingerprint density at radius 1 is 1.04 bits per heavy atom. The summed E-state index contributed by atoms with van der Waals surface area (Å²) < 4.78 is 5.75. The Morgan fingerprint density at radius 2 is 1.96 bits per heavy atom. The Balaban J connectivity index is 1.67. The molecule has 0 spiro atoms. The molecule has 0 saturated carbocycles. The third kappa shape index (κ3) is 2.75. The minimum absolute atomic E-state index is 0.197. The van der Waals surface area contributed by atoms with Gasteiger partial charge in [-0.2, -0.15) is 0 Å². The molecule has 0 atom stereocenters. The maximum absolute atomic E-state index is 9.77. The Hall–Kier alpha value is -3.47. The second-order valence-corrected chi connectivity index (χ2v) is 5.23. The molecular formula is C19H13N3O2. The Bertz CT molecular complexity index is 1020. The van der Waals surface area contributed by atoms with Crippen LogP contribution in [0, 0.1) is 0 Å². The number of rotatable bonds is 3. The van der Waals surface area contributed by atoms with Gasteiger partial charge in [0, 0.05) is 24.2 Å². The number of aliphatic imine (C=N–C) groups is 1. The molecule has 2 aromatic heterocycles. The molecule has 0 amide bonds. The van der Waals surface area contributed by atoms with Gasteiger partial charge in [-0.25, -0.2) is 4.98 Å². The lowest BCUT2D eigenvalue weighted by atomic mass is 10.2. The van der Waals surface area contributed by atoms with Crippen molar-refractivity contribution < 1.29 is 9.52 Å². The Morgan fingerprint density at radius 3 is 2.79 bits per heavy atom. The molecule has 24 heavy (non-hydrogen) atoms.